The normalized spacial score (nSPS) is 20.8. The van der Waals surface area contributed by atoms with Gasteiger partial charge in [-0.3, -0.25) is 0 Å². The fourth-order valence-electron chi connectivity index (χ4n) is 1.21. The Morgan fingerprint density at radius 3 is 2.50 bits per heavy atom. The maximum absolute atomic E-state index is 11.4. The largest absolute Gasteiger partial charge is 0.330 e. The van der Waals surface area contributed by atoms with E-state index in [2.05, 4.69) is 0 Å². The van der Waals surface area contributed by atoms with Gasteiger partial charge in [-0.1, -0.05) is 6.92 Å². The van der Waals surface area contributed by atoms with E-state index in [1.54, 1.807) is 0 Å². The van der Waals surface area contributed by atoms with Gasteiger partial charge in [-0.25, -0.2) is 8.42 Å². The Kier molecular flexibility index (Phi) is 3.12. The molecule has 3 nitrogen and oxygen atoms in total. The van der Waals surface area contributed by atoms with Crippen molar-refractivity contribution in [1.82, 2.24) is 0 Å². The molecule has 0 radical (unpaired) electrons. The summed E-state index contributed by atoms with van der Waals surface area (Å²) >= 11 is 0. The third kappa shape index (κ3) is 3.54. The number of hydrogen-bond donors (Lipinski definition) is 1. The van der Waals surface area contributed by atoms with E-state index in [9.17, 15) is 8.42 Å². The fraction of sp³-hybridized carbons (Fsp3) is 1.00. The van der Waals surface area contributed by atoms with Crippen molar-refractivity contribution in [3.63, 3.8) is 0 Å². The van der Waals surface area contributed by atoms with Crippen molar-refractivity contribution in [3.8, 4) is 0 Å². The highest BCUT2D eigenvalue weighted by Crippen LogP contribution is 2.30. The first-order valence-corrected chi connectivity index (χ1v) is 6.26. The van der Waals surface area contributed by atoms with Gasteiger partial charge in [-0.05, 0) is 31.2 Å². The molecule has 1 aliphatic rings. The molecule has 1 atom stereocenters. The highest BCUT2D eigenvalue weighted by molar-refractivity contribution is 7.91. The van der Waals surface area contributed by atoms with E-state index in [-0.39, 0.29) is 11.7 Å². The molecule has 1 saturated carbocycles. The van der Waals surface area contributed by atoms with E-state index in [4.69, 9.17) is 5.73 Å². The number of nitrogens with two attached hydrogens (primary N) is 1. The van der Waals surface area contributed by atoms with E-state index >= 15 is 0 Å². The molecule has 72 valence electrons. The lowest BCUT2D eigenvalue weighted by molar-refractivity contribution is 0.570. The highest BCUT2D eigenvalue weighted by atomic mass is 32.2. The van der Waals surface area contributed by atoms with Crippen LogP contribution in [0.15, 0.2) is 0 Å². The molecule has 1 aliphatic carbocycles. The van der Waals surface area contributed by atoms with Crippen LogP contribution in [0, 0.1) is 11.8 Å². The van der Waals surface area contributed by atoms with Gasteiger partial charge in [-0.2, -0.15) is 0 Å². The molecule has 1 fully saturated rings. The van der Waals surface area contributed by atoms with E-state index in [1.807, 2.05) is 6.92 Å². The van der Waals surface area contributed by atoms with Crippen LogP contribution in [0.1, 0.15) is 19.8 Å². The lowest BCUT2D eigenvalue weighted by Gasteiger charge is -2.08. The third-order valence-electron chi connectivity index (χ3n) is 2.13. The molecule has 4 heteroatoms. The van der Waals surface area contributed by atoms with Crippen LogP contribution in [-0.4, -0.2) is 26.5 Å². The maximum Gasteiger partial charge on any atom is 0.150 e. The summed E-state index contributed by atoms with van der Waals surface area (Å²) in [6, 6.07) is 0. The molecule has 12 heavy (non-hydrogen) atoms. The predicted molar refractivity (Wildman–Crippen MR) is 49.6 cm³/mol. The van der Waals surface area contributed by atoms with Crippen LogP contribution in [0.5, 0.6) is 0 Å². The molecule has 0 spiro atoms. The fourth-order valence-corrected chi connectivity index (χ4v) is 3.40. The second-order valence-corrected chi connectivity index (χ2v) is 6.01. The van der Waals surface area contributed by atoms with Crippen molar-refractivity contribution in [2.24, 2.45) is 17.6 Å². The monoisotopic (exact) mass is 191 g/mol. The quantitative estimate of drug-likeness (QED) is 0.684. The van der Waals surface area contributed by atoms with Gasteiger partial charge in [0.15, 0.2) is 9.84 Å². The Morgan fingerprint density at radius 1 is 1.50 bits per heavy atom. The van der Waals surface area contributed by atoms with Gasteiger partial charge in [-0.15, -0.1) is 0 Å². The molecule has 0 aromatic heterocycles. The zero-order valence-electron chi connectivity index (χ0n) is 7.49. The molecule has 1 unspecified atom stereocenters. The zero-order chi connectivity index (χ0) is 9.19. The van der Waals surface area contributed by atoms with Crippen LogP contribution in [0.3, 0.4) is 0 Å². The van der Waals surface area contributed by atoms with Crippen LogP contribution in [-0.2, 0) is 9.84 Å². The van der Waals surface area contributed by atoms with Crippen molar-refractivity contribution in [1.29, 1.82) is 0 Å². The lowest BCUT2D eigenvalue weighted by atomic mass is 10.2. The van der Waals surface area contributed by atoms with Crippen LogP contribution >= 0.6 is 0 Å². The molecular formula is C8H17NO2S. The third-order valence-corrected chi connectivity index (χ3v) is 4.18. The van der Waals surface area contributed by atoms with Gasteiger partial charge in [0.2, 0.25) is 0 Å². The minimum Gasteiger partial charge on any atom is -0.330 e. The Labute approximate surface area is 74.3 Å². The molecule has 0 aromatic carbocycles. The Morgan fingerprint density at radius 2 is 2.08 bits per heavy atom. The van der Waals surface area contributed by atoms with Gasteiger partial charge in [0.1, 0.15) is 0 Å². The minimum absolute atomic E-state index is 0.105. The Balaban J connectivity index is 2.36. The topological polar surface area (TPSA) is 60.2 Å². The molecule has 0 heterocycles. The second-order valence-electron chi connectivity index (χ2n) is 3.86. The minimum atomic E-state index is -2.81. The van der Waals surface area contributed by atoms with Gasteiger partial charge in [0.05, 0.1) is 11.5 Å². The summed E-state index contributed by atoms with van der Waals surface area (Å²) in [4.78, 5) is 0. The SMILES string of the molecule is CC(CN)CS(=O)(=O)CC1CC1. The smallest absolute Gasteiger partial charge is 0.150 e. The Hall–Kier alpha value is -0.0900. The number of sulfone groups is 1. The molecule has 1 rings (SSSR count). The van der Waals surface area contributed by atoms with Gasteiger partial charge >= 0.3 is 0 Å². The summed E-state index contributed by atoms with van der Waals surface area (Å²) < 4.78 is 22.8. The van der Waals surface area contributed by atoms with Crippen molar-refractivity contribution < 1.29 is 8.42 Å². The predicted octanol–water partition coefficient (Wildman–Crippen LogP) is 0.406. The molecular weight excluding hydrogens is 174 g/mol. The maximum atomic E-state index is 11.4. The summed E-state index contributed by atoms with van der Waals surface area (Å²) in [7, 11) is -2.81. The van der Waals surface area contributed by atoms with E-state index in [1.165, 1.54) is 0 Å². The zero-order valence-corrected chi connectivity index (χ0v) is 8.31. The van der Waals surface area contributed by atoms with E-state index in [0.717, 1.165) is 12.8 Å². The van der Waals surface area contributed by atoms with E-state index in [0.29, 0.717) is 18.2 Å². The van der Waals surface area contributed by atoms with Gasteiger partial charge in [0, 0.05) is 0 Å². The van der Waals surface area contributed by atoms with Gasteiger partial charge < -0.3 is 5.73 Å². The van der Waals surface area contributed by atoms with E-state index < -0.39 is 9.84 Å². The standard InChI is InChI=1S/C8H17NO2S/c1-7(4-9)5-12(10,11)6-8-2-3-8/h7-8H,2-6,9H2,1H3. The lowest BCUT2D eigenvalue weighted by Crippen LogP contribution is -2.23. The Bertz CT molecular complexity index is 231. The molecule has 0 saturated heterocycles. The number of hydrogen-bond acceptors (Lipinski definition) is 3. The second kappa shape index (κ2) is 3.75. The molecule has 0 amide bonds. The highest BCUT2D eigenvalue weighted by Gasteiger charge is 2.28. The van der Waals surface area contributed by atoms with Gasteiger partial charge in [0.25, 0.3) is 0 Å². The first-order chi connectivity index (χ1) is 5.53. The molecule has 0 aromatic rings. The summed E-state index contributed by atoms with van der Waals surface area (Å²) in [5, 5.41) is 0. The van der Waals surface area contributed by atoms with Crippen LogP contribution < -0.4 is 5.73 Å². The van der Waals surface area contributed by atoms with Crippen LogP contribution in [0.4, 0.5) is 0 Å². The van der Waals surface area contributed by atoms with Crippen molar-refractivity contribution >= 4 is 9.84 Å². The van der Waals surface area contributed by atoms with Crippen LogP contribution in [0.2, 0.25) is 0 Å². The summed E-state index contributed by atoms with van der Waals surface area (Å²) in [5.41, 5.74) is 5.36. The van der Waals surface area contributed by atoms with Crippen molar-refractivity contribution in [2.75, 3.05) is 18.1 Å². The average Bonchev–Trinajstić information content (AvgIpc) is 2.69. The molecule has 0 aliphatic heterocycles. The summed E-state index contributed by atoms with van der Waals surface area (Å²) in [6.07, 6.45) is 2.19. The number of rotatable bonds is 5. The average molecular weight is 191 g/mol. The first kappa shape index (κ1) is 9.99. The summed E-state index contributed by atoms with van der Waals surface area (Å²) in [5.74, 6) is 1.21. The summed E-state index contributed by atoms with van der Waals surface area (Å²) in [6.45, 7) is 2.34. The first-order valence-electron chi connectivity index (χ1n) is 4.44. The van der Waals surface area contributed by atoms with Crippen molar-refractivity contribution in [3.05, 3.63) is 0 Å². The molecule has 0 bridgehead atoms. The van der Waals surface area contributed by atoms with Crippen LogP contribution in [0.25, 0.3) is 0 Å². The van der Waals surface area contributed by atoms with Crippen molar-refractivity contribution in [2.45, 2.75) is 19.8 Å². The molecule has 2 N–H and O–H groups in total.